The Balaban J connectivity index is 2.81. The first-order chi connectivity index (χ1) is 8.08. The molecular formula is C7H10F3N5O2S. The van der Waals surface area contributed by atoms with Crippen LogP contribution in [0.4, 0.5) is 24.8 Å². The number of hydrogen-bond acceptors (Lipinski definition) is 6. The van der Waals surface area contributed by atoms with Gasteiger partial charge in [0.2, 0.25) is 15.8 Å². The van der Waals surface area contributed by atoms with Gasteiger partial charge in [-0.05, 0) is 0 Å². The van der Waals surface area contributed by atoms with Crippen LogP contribution in [-0.2, 0) is 16.2 Å². The van der Waals surface area contributed by atoms with Gasteiger partial charge in [0.05, 0.1) is 5.75 Å². The number of nitrogens with zero attached hydrogens (tertiary/aromatic N) is 2. The minimum atomic E-state index is -4.73. The number of nitrogens with two attached hydrogens (primary N) is 2. The van der Waals surface area contributed by atoms with E-state index >= 15 is 0 Å². The minimum Gasteiger partial charge on any atom is -0.384 e. The van der Waals surface area contributed by atoms with Crippen molar-refractivity contribution < 1.29 is 21.6 Å². The molecule has 0 spiro atoms. The molecule has 1 aromatic rings. The maximum absolute atomic E-state index is 12.3. The summed E-state index contributed by atoms with van der Waals surface area (Å²) in [6.07, 6.45) is -4.73. The highest BCUT2D eigenvalue weighted by atomic mass is 32.2. The van der Waals surface area contributed by atoms with Gasteiger partial charge >= 0.3 is 6.18 Å². The molecule has 102 valence electrons. The smallest absolute Gasteiger partial charge is 0.384 e. The van der Waals surface area contributed by atoms with E-state index < -0.39 is 27.8 Å². The monoisotopic (exact) mass is 285 g/mol. The summed E-state index contributed by atoms with van der Waals surface area (Å²) in [5, 5.41) is 7.09. The Morgan fingerprint density at radius 2 is 1.94 bits per heavy atom. The maximum atomic E-state index is 12.3. The molecule has 7 nitrogen and oxygen atoms in total. The highest BCUT2D eigenvalue weighted by Crippen LogP contribution is 2.27. The molecule has 0 fully saturated rings. The van der Waals surface area contributed by atoms with Crippen LogP contribution >= 0.6 is 0 Å². The molecule has 11 heteroatoms. The third-order valence-electron chi connectivity index (χ3n) is 1.69. The molecule has 0 bridgehead atoms. The zero-order chi connectivity index (χ0) is 14.0. The molecule has 0 aliphatic rings. The highest BCUT2D eigenvalue weighted by Gasteiger charge is 2.35. The van der Waals surface area contributed by atoms with E-state index in [2.05, 4.69) is 15.3 Å². The average molecular weight is 285 g/mol. The number of rotatable bonds is 4. The summed E-state index contributed by atoms with van der Waals surface area (Å²) in [5.74, 6) is -2.45. The predicted molar refractivity (Wildman–Crippen MR) is 57.9 cm³/mol. The van der Waals surface area contributed by atoms with Gasteiger partial charge in [-0.1, -0.05) is 0 Å². The lowest BCUT2D eigenvalue weighted by atomic mass is 10.4. The van der Waals surface area contributed by atoms with Gasteiger partial charge in [-0.2, -0.15) is 13.2 Å². The lowest BCUT2D eigenvalue weighted by molar-refractivity contribution is -0.144. The van der Waals surface area contributed by atoms with Crippen molar-refractivity contribution in [1.82, 2.24) is 9.97 Å². The Bertz CT molecular complexity index is 530. The Morgan fingerprint density at radius 3 is 2.44 bits per heavy atom. The number of anilines is 2. The first-order valence-electron chi connectivity index (χ1n) is 4.54. The summed E-state index contributed by atoms with van der Waals surface area (Å²) < 4.78 is 58.2. The molecule has 1 rings (SSSR count). The molecule has 0 aliphatic heterocycles. The van der Waals surface area contributed by atoms with Crippen LogP contribution < -0.4 is 16.2 Å². The molecular weight excluding hydrogens is 275 g/mol. The summed E-state index contributed by atoms with van der Waals surface area (Å²) in [4.78, 5) is 6.18. The highest BCUT2D eigenvalue weighted by molar-refractivity contribution is 7.89. The largest absolute Gasteiger partial charge is 0.451 e. The van der Waals surface area contributed by atoms with Crippen molar-refractivity contribution >= 4 is 21.7 Å². The molecule has 5 N–H and O–H groups in total. The van der Waals surface area contributed by atoms with E-state index in [1.165, 1.54) is 0 Å². The molecule has 0 amide bonds. The van der Waals surface area contributed by atoms with E-state index in [0.29, 0.717) is 0 Å². The van der Waals surface area contributed by atoms with Crippen molar-refractivity contribution in [3.8, 4) is 0 Å². The van der Waals surface area contributed by atoms with Crippen LogP contribution in [-0.4, -0.2) is 30.7 Å². The third kappa shape index (κ3) is 4.71. The van der Waals surface area contributed by atoms with Crippen LogP contribution in [0.2, 0.25) is 0 Å². The Hall–Kier alpha value is -1.62. The van der Waals surface area contributed by atoms with Crippen molar-refractivity contribution in [2.45, 2.75) is 6.18 Å². The van der Waals surface area contributed by atoms with E-state index in [-0.39, 0.29) is 18.2 Å². The number of nitrogens with one attached hydrogen (secondary N) is 1. The fourth-order valence-corrected chi connectivity index (χ4v) is 1.39. The first kappa shape index (κ1) is 14.4. The summed E-state index contributed by atoms with van der Waals surface area (Å²) >= 11 is 0. The van der Waals surface area contributed by atoms with Gasteiger partial charge in [-0.3, -0.25) is 0 Å². The number of aromatic nitrogens is 2. The van der Waals surface area contributed by atoms with Crippen LogP contribution in [0.3, 0.4) is 0 Å². The molecule has 1 aromatic heterocycles. The number of hydrogen-bond donors (Lipinski definition) is 3. The molecule has 0 radical (unpaired) electrons. The number of alkyl halides is 3. The molecule has 0 aliphatic carbocycles. The number of primary sulfonamides is 1. The average Bonchev–Trinajstić information content (AvgIpc) is 2.13. The predicted octanol–water partition coefficient (Wildman–Crippen LogP) is -0.222. The van der Waals surface area contributed by atoms with Crippen molar-refractivity contribution in [2.75, 3.05) is 23.3 Å². The van der Waals surface area contributed by atoms with Crippen LogP contribution in [0.15, 0.2) is 6.07 Å². The van der Waals surface area contributed by atoms with E-state index in [9.17, 15) is 21.6 Å². The summed E-state index contributed by atoms with van der Waals surface area (Å²) in [5.41, 5.74) is 5.18. The van der Waals surface area contributed by atoms with Gasteiger partial charge in [0, 0.05) is 12.6 Å². The van der Waals surface area contributed by atoms with Crippen LogP contribution in [0.25, 0.3) is 0 Å². The number of nitrogen functional groups attached to an aromatic ring is 1. The quantitative estimate of drug-likeness (QED) is 0.702. The van der Waals surface area contributed by atoms with Gasteiger partial charge in [0.15, 0.2) is 0 Å². The number of halogens is 3. The third-order valence-corrected chi connectivity index (χ3v) is 2.47. The van der Waals surface area contributed by atoms with Gasteiger partial charge in [-0.25, -0.2) is 23.5 Å². The van der Waals surface area contributed by atoms with Crippen LogP contribution in [0, 0.1) is 0 Å². The van der Waals surface area contributed by atoms with E-state index in [1.54, 1.807) is 0 Å². The molecule has 0 saturated heterocycles. The second-order valence-corrected chi connectivity index (χ2v) is 5.03. The fraction of sp³-hybridized carbons (Fsp3) is 0.429. The van der Waals surface area contributed by atoms with Crippen molar-refractivity contribution in [2.24, 2.45) is 5.14 Å². The normalized spacial score (nSPS) is 12.4. The number of sulfonamides is 1. The van der Waals surface area contributed by atoms with Gasteiger partial charge in [0.25, 0.3) is 0 Å². The van der Waals surface area contributed by atoms with Crippen molar-refractivity contribution in [3.05, 3.63) is 11.9 Å². The van der Waals surface area contributed by atoms with E-state index in [4.69, 9.17) is 10.9 Å². The van der Waals surface area contributed by atoms with E-state index in [0.717, 1.165) is 6.07 Å². The molecule has 0 unspecified atom stereocenters. The topological polar surface area (TPSA) is 124 Å². The zero-order valence-corrected chi connectivity index (χ0v) is 9.72. The second kappa shape index (κ2) is 4.94. The van der Waals surface area contributed by atoms with Crippen molar-refractivity contribution in [3.63, 3.8) is 0 Å². The Labute approximate surface area is 100 Å². The Kier molecular flexibility index (Phi) is 3.96. The lowest BCUT2D eigenvalue weighted by Crippen LogP contribution is -2.23. The molecule has 0 aromatic carbocycles. The van der Waals surface area contributed by atoms with E-state index in [1.807, 2.05) is 0 Å². The van der Waals surface area contributed by atoms with Crippen molar-refractivity contribution in [1.29, 1.82) is 0 Å². The van der Waals surface area contributed by atoms with Gasteiger partial charge in [-0.15, -0.1) is 0 Å². The molecule has 18 heavy (non-hydrogen) atoms. The SMILES string of the molecule is Nc1cc(NCCS(N)(=O)=O)nc(C(F)(F)F)n1. The zero-order valence-electron chi connectivity index (χ0n) is 8.90. The standard InChI is InChI=1S/C7H10F3N5O2S/c8-7(9,10)6-14-4(11)3-5(15-6)13-1-2-18(12,16)17/h3H,1-2H2,(H2,12,16,17)(H3,11,13,14,15). The summed E-state index contributed by atoms with van der Waals surface area (Å²) in [6, 6.07) is 1.05. The maximum Gasteiger partial charge on any atom is 0.451 e. The fourth-order valence-electron chi connectivity index (χ4n) is 1.00. The molecule has 0 saturated carbocycles. The first-order valence-corrected chi connectivity index (χ1v) is 6.25. The summed E-state index contributed by atoms with van der Waals surface area (Å²) in [6.45, 7) is -0.188. The molecule has 0 atom stereocenters. The lowest BCUT2D eigenvalue weighted by Gasteiger charge is -2.09. The van der Waals surface area contributed by atoms with Crippen LogP contribution in [0.5, 0.6) is 0 Å². The van der Waals surface area contributed by atoms with Gasteiger partial charge < -0.3 is 11.1 Å². The van der Waals surface area contributed by atoms with Gasteiger partial charge in [0.1, 0.15) is 11.6 Å². The molecule has 1 heterocycles. The Morgan fingerprint density at radius 1 is 1.33 bits per heavy atom. The minimum absolute atomic E-state index is 0.188. The second-order valence-electron chi connectivity index (χ2n) is 3.29. The van der Waals surface area contributed by atoms with Crippen LogP contribution in [0.1, 0.15) is 5.82 Å². The summed E-state index contributed by atoms with van der Waals surface area (Å²) in [7, 11) is -3.70.